The van der Waals surface area contributed by atoms with Crippen LogP contribution in [0.15, 0.2) is 53.5 Å². The molecular formula is C18H13Cl2F2N3O. The van der Waals surface area contributed by atoms with E-state index in [4.69, 9.17) is 23.2 Å². The number of halogens is 4. The Morgan fingerprint density at radius 2 is 1.81 bits per heavy atom. The summed E-state index contributed by atoms with van der Waals surface area (Å²) in [4.78, 5) is 12.4. The minimum Gasteiger partial charge on any atom is -0.376 e. The Morgan fingerprint density at radius 3 is 2.46 bits per heavy atom. The van der Waals surface area contributed by atoms with Crippen molar-refractivity contribution in [3.05, 3.63) is 86.3 Å². The summed E-state index contributed by atoms with van der Waals surface area (Å²) in [6.07, 6.45) is 1.32. The zero-order valence-electron chi connectivity index (χ0n) is 13.5. The molecular weight excluding hydrogens is 383 g/mol. The normalized spacial score (nSPS) is 12.0. The van der Waals surface area contributed by atoms with E-state index in [1.807, 2.05) is 19.1 Å². The number of nitrogens with zero attached hydrogens (tertiary/aromatic N) is 2. The van der Waals surface area contributed by atoms with Gasteiger partial charge in [-0.05, 0) is 36.8 Å². The number of aromatic nitrogens is 2. The molecule has 0 saturated heterocycles. The lowest BCUT2D eigenvalue weighted by molar-refractivity contribution is 0.570. The van der Waals surface area contributed by atoms with Gasteiger partial charge >= 0.3 is 0 Å². The molecule has 1 unspecified atom stereocenters. The van der Waals surface area contributed by atoms with E-state index in [0.29, 0.717) is 16.8 Å². The standard InChI is InChI=1S/C18H13Cl2F2N3O/c1-10(11-2-4-12(19)5-3-11)24-15-9-23-25(18(26)17(15)20)16-7-6-13(21)8-14(16)22/h2-10,24H,1H3. The third kappa shape index (κ3) is 3.71. The predicted molar refractivity (Wildman–Crippen MR) is 98.2 cm³/mol. The van der Waals surface area contributed by atoms with Gasteiger partial charge < -0.3 is 5.32 Å². The minimum atomic E-state index is -0.911. The molecule has 0 aliphatic rings. The SMILES string of the molecule is CC(Nc1cnn(-c2ccc(F)cc2F)c(=O)c1Cl)c1ccc(Cl)cc1. The Kier molecular flexibility index (Phi) is 5.25. The Morgan fingerprint density at radius 1 is 1.12 bits per heavy atom. The van der Waals surface area contributed by atoms with Crippen molar-refractivity contribution < 1.29 is 8.78 Å². The van der Waals surface area contributed by atoms with Crippen molar-refractivity contribution in [2.24, 2.45) is 0 Å². The fourth-order valence-corrected chi connectivity index (χ4v) is 2.74. The van der Waals surface area contributed by atoms with E-state index in [-0.39, 0.29) is 16.8 Å². The van der Waals surface area contributed by atoms with Crippen molar-refractivity contribution in [2.75, 3.05) is 5.32 Å². The van der Waals surface area contributed by atoms with Gasteiger partial charge in [-0.15, -0.1) is 0 Å². The molecule has 3 aromatic rings. The molecule has 1 heterocycles. The molecule has 0 amide bonds. The van der Waals surface area contributed by atoms with E-state index in [9.17, 15) is 13.6 Å². The van der Waals surface area contributed by atoms with Gasteiger partial charge in [-0.2, -0.15) is 9.78 Å². The smallest absolute Gasteiger partial charge is 0.292 e. The first-order chi connectivity index (χ1) is 12.4. The average molecular weight is 396 g/mol. The summed E-state index contributed by atoms with van der Waals surface area (Å²) >= 11 is 12.0. The number of hydrogen-bond donors (Lipinski definition) is 1. The third-order valence-corrected chi connectivity index (χ3v) is 4.42. The quantitative estimate of drug-likeness (QED) is 0.676. The molecule has 1 N–H and O–H groups in total. The van der Waals surface area contributed by atoms with E-state index in [1.54, 1.807) is 12.1 Å². The molecule has 8 heteroatoms. The summed E-state index contributed by atoms with van der Waals surface area (Å²) in [5, 5.41) is 7.49. The highest BCUT2D eigenvalue weighted by Gasteiger charge is 2.16. The summed E-state index contributed by atoms with van der Waals surface area (Å²) < 4.78 is 27.7. The van der Waals surface area contributed by atoms with Crippen LogP contribution in [0.2, 0.25) is 10.0 Å². The van der Waals surface area contributed by atoms with Crippen LogP contribution in [-0.2, 0) is 0 Å². The van der Waals surface area contributed by atoms with Crippen LogP contribution in [0.25, 0.3) is 5.69 Å². The van der Waals surface area contributed by atoms with Gasteiger partial charge in [0, 0.05) is 17.1 Å². The molecule has 3 rings (SSSR count). The maximum absolute atomic E-state index is 13.9. The van der Waals surface area contributed by atoms with Gasteiger partial charge in [-0.1, -0.05) is 35.3 Å². The zero-order chi connectivity index (χ0) is 18.8. The third-order valence-electron chi connectivity index (χ3n) is 3.80. The fraction of sp³-hybridized carbons (Fsp3) is 0.111. The van der Waals surface area contributed by atoms with Crippen LogP contribution >= 0.6 is 23.2 Å². The maximum atomic E-state index is 13.9. The van der Waals surface area contributed by atoms with Crippen LogP contribution in [0, 0.1) is 11.6 Å². The number of rotatable bonds is 4. The molecule has 0 fully saturated rings. The Hall–Kier alpha value is -2.44. The topological polar surface area (TPSA) is 46.9 Å². The molecule has 1 atom stereocenters. The molecule has 0 radical (unpaired) electrons. The zero-order valence-corrected chi connectivity index (χ0v) is 15.0. The Labute approximate surface area is 158 Å². The Balaban J connectivity index is 1.92. The molecule has 2 aromatic carbocycles. The van der Waals surface area contributed by atoms with Gasteiger partial charge in [0.05, 0.1) is 11.9 Å². The maximum Gasteiger partial charge on any atom is 0.292 e. The molecule has 0 aliphatic carbocycles. The summed E-state index contributed by atoms with van der Waals surface area (Å²) in [6.45, 7) is 1.88. The van der Waals surface area contributed by atoms with Crippen molar-refractivity contribution in [1.29, 1.82) is 0 Å². The second kappa shape index (κ2) is 7.43. The van der Waals surface area contributed by atoms with E-state index >= 15 is 0 Å². The molecule has 4 nitrogen and oxygen atoms in total. The van der Waals surface area contributed by atoms with E-state index in [1.165, 1.54) is 6.20 Å². The van der Waals surface area contributed by atoms with Crippen molar-refractivity contribution in [3.63, 3.8) is 0 Å². The second-order valence-corrected chi connectivity index (χ2v) is 6.42. The van der Waals surface area contributed by atoms with Crippen LogP contribution in [0.5, 0.6) is 0 Å². The first-order valence-corrected chi connectivity index (χ1v) is 8.37. The lowest BCUT2D eigenvalue weighted by atomic mass is 10.1. The van der Waals surface area contributed by atoms with Crippen LogP contribution in [0.4, 0.5) is 14.5 Å². The number of hydrogen-bond acceptors (Lipinski definition) is 3. The highest BCUT2D eigenvalue weighted by molar-refractivity contribution is 6.33. The van der Waals surface area contributed by atoms with Gasteiger partial charge in [0.1, 0.15) is 16.5 Å². The lowest BCUT2D eigenvalue weighted by Gasteiger charge is -2.17. The molecule has 1 aromatic heterocycles. The molecule has 0 aliphatic heterocycles. The summed E-state index contributed by atoms with van der Waals surface area (Å²) in [5.74, 6) is -1.66. The highest BCUT2D eigenvalue weighted by atomic mass is 35.5. The number of nitrogens with one attached hydrogen (secondary N) is 1. The van der Waals surface area contributed by atoms with Gasteiger partial charge in [-0.25, -0.2) is 8.78 Å². The van der Waals surface area contributed by atoms with Gasteiger partial charge in [0.15, 0.2) is 5.82 Å². The first-order valence-electron chi connectivity index (χ1n) is 7.62. The molecule has 0 saturated carbocycles. The summed E-state index contributed by atoms with van der Waals surface area (Å²) in [7, 11) is 0. The highest BCUT2D eigenvalue weighted by Crippen LogP contribution is 2.24. The minimum absolute atomic E-state index is 0.149. The van der Waals surface area contributed by atoms with Gasteiger partial charge in [0.25, 0.3) is 5.56 Å². The Bertz CT molecular complexity index is 1010. The van der Waals surface area contributed by atoms with Gasteiger partial charge in [-0.3, -0.25) is 4.79 Å². The number of anilines is 1. The molecule has 0 spiro atoms. The first kappa shape index (κ1) is 18.4. The van der Waals surface area contributed by atoms with Gasteiger partial charge in [0.2, 0.25) is 0 Å². The lowest BCUT2D eigenvalue weighted by Crippen LogP contribution is -2.24. The summed E-state index contributed by atoms with van der Waals surface area (Å²) in [6, 6.07) is 9.85. The van der Waals surface area contributed by atoms with Crippen molar-refractivity contribution in [1.82, 2.24) is 9.78 Å². The molecule has 0 bridgehead atoms. The number of benzene rings is 2. The van der Waals surface area contributed by atoms with Crippen LogP contribution in [-0.4, -0.2) is 9.78 Å². The van der Waals surface area contributed by atoms with Crippen molar-refractivity contribution in [2.45, 2.75) is 13.0 Å². The largest absolute Gasteiger partial charge is 0.376 e. The monoisotopic (exact) mass is 395 g/mol. The van der Waals surface area contributed by atoms with Crippen LogP contribution in [0.3, 0.4) is 0 Å². The van der Waals surface area contributed by atoms with E-state index in [2.05, 4.69) is 10.4 Å². The molecule has 134 valence electrons. The van der Waals surface area contributed by atoms with Crippen molar-refractivity contribution >= 4 is 28.9 Å². The van der Waals surface area contributed by atoms with E-state index in [0.717, 1.165) is 22.4 Å². The van der Waals surface area contributed by atoms with Crippen molar-refractivity contribution in [3.8, 4) is 5.69 Å². The predicted octanol–water partition coefficient (Wildman–Crippen LogP) is 4.99. The van der Waals surface area contributed by atoms with E-state index < -0.39 is 17.2 Å². The average Bonchev–Trinajstić information content (AvgIpc) is 2.60. The van der Waals surface area contributed by atoms with Crippen LogP contribution < -0.4 is 10.9 Å². The fourth-order valence-electron chi connectivity index (χ4n) is 2.43. The second-order valence-electron chi connectivity index (χ2n) is 5.60. The molecule has 26 heavy (non-hydrogen) atoms. The summed E-state index contributed by atoms with van der Waals surface area (Å²) in [5.41, 5.74) is 0.332. The van der Waals surface area contributed by atoms with Crippen LogP contribution in [0.1, 0.15) is 18.5 Å².